The average Bonchev–Trinajstić information content (AvgIpc) is 2.78. The van der Waals surface area contributed by atoms with Crippen LogP contribution in [0, 0.1) is 0 Å². The van der Waals surface area contributed by atoms with Crippen molar-refractivity contribution >= 4 is 17.5 Å². The number of rotatable bonds is 4. The fourth-order valence-corrected chi connectivity index (χ4v) is 2.71. The molecule has 5 heteroatoms. The van der Waals surface area contributed by atoms with Gasteiger partial charge in [-0.05, 0) is 31.9 Å². The third-order valence-electron chi connectivity index (χ3n) is 3.83. The van der Waals surface area contributed by atoms with Crippen LogP contribution in [0.1, 0.15) is 45.4 Å². The molecule has 0 heterocycles. The summed E-state index contributed by atoms with van der Waals surface area (Å²) >= 11 is 0. The lowest BCUT2D eigenvalue weighted by Gasteiger charge is -2.16. The molecule has 5 nitrogen and oxygen atoms in total. The second kappa shape index (κ2) is 8.41. The fraction of sp³-hybridized carbons (Fsp3) is 0.529. The van der Waals surface area contributed by atoms with Gasteiger partial charge in [-0.25, -0.2) is 0 Å². The zero-order valence-electron chi connectivity index (χ0n) is 13.1. The zero-order valence-corrected chi connectivity index (χ0v) is 13.1. The minimum Gasteiger partial charge on any atom is -0.492 e. The molecule has 2 rings (SSSR count). The summed E-state index contributed by atoms with van der Waals surface area (Å²) in [5.74, 6) is -0.643. The van der Waals surface area contributed by atoms with Crippen LogP contribution in [0.15, 0.2) is 24.3 Å². The third kappa shape index (κ3) is 4.76. The van der Waals surface area contributed by atoms with Crippen molar-refractivity contribution in [2.75, 3.05) is 11.9 Å². The van der Waals surface area contributed by atoms with E-state index in [4.69, 9.17) is 4.74 Å². The monoisotopic (exact) mass is 304 g/mol. The van der Waals surface area contributed by atoms with E-state index in [1.165, 1.54) is 12.8 Å². The summed E-state index contributed by atoms with van der Waals surface area (Å²) in [5, 5.41) is 5.46. The van der Waals surface area contributed by atoms with Gasteiger partial charge in [0.25, 0.3) is 0 Å². The van der Waals surface area contributed by atoms with Crippen molar-refractivity contribution in [3.05, 3.63) is 24.3 Å². The molecule has 0 atom stereocenters. The summed E-state index contributed by atoms with van der Waals surface area (Å²) in [7, 11) is 0. The standard InChI is InChI=1S/C17H24N2O3/c1-2-22-15-12-8-7-11-14(15)19-17(21)16(20)18-13-9-5-3-4-6-10-13/h7-8,11-13H,2-6,9-10H2,1H3,(H,18,20)(H,19,21). The predicted octanol–water partition coefficient (Wildman–Crippen LogP) is 2.86. The molecule has 1 aliphatic rings. The van der Waals surface area contributed by atoms with Crippen molar-refractivity contribution in [3.8, 4) is 5.75 Å². The van der Waals surface area contributed by atoms with Gasteiger partial charge in [0, 0.05) is 6.04 Å². The lowest BCUT2D eigenvalue weighted by Crippen LogP contribution is -2.41. The van der Waals surface area contributed by atoms with Crippen LogP contribution in [0.4, 0.5) is 5.69 Å². The molecule has 0 bridgehead atoms. The highest BCUT2D eigenvalue weighted by atomic mass is 16.5. The van der Waals surface area contributed by atoms with E-state index in [2.05, 4.69) is 10.6 Å². The summed E-state index contributed by atoms with van der Waals surface area (Å²) in [4.78, 5) is 24.1. The molecule has 22 heavy (non-hydrogen) atoms. The maximum atomic E-state index is 12.0. The topological polar surface area (TPSA) is 67.4 Å². The zero-order chi connectivity index (χ0) is 15.8. The van der Waals surface area contributed by atoms with E-state index in [9.17, 15) is 9.59 Å². The highest BCUT2D eigenvalue weighted by Crippen LogP contribution is 2.23. The van der Waals surface area contributed by atoms with Gasteiger partial charge in [0.1, 0.15) is 5.75 Å². The Balaban J connectivity index is 1.92. The van der Waals surface area contributed by atoms with Gasteiger partial charge in [0.15, 0.2) is 0 Å². The first-order chi connectivity index (χ1) is 10.7. The lowest BCUT2D eigenvalue weighted by molar-refractivity contribution is -0.136. The van der Waals surface area contributed by atoms with E-state index in [1.807, 2.05) is 13.0 Å². The average molecular weight is 304 g/mol. The third-order valence-corrected chi connectivity index (χ3v) is 3.83. The second-order valence-electron chi connectivity index (χ2n) is 5.55. The first-order valence-electron chi connectivity index (χ1n) is 8.04. The lowest BCUT2D eigenvalue weighted by atomic mass is 10.1. The van der Waals surface area contributed by atoms with Gasteiger partial charge in [-0.3, -0.25) is 9.59 Å². The Hall–Kier alpha value is -2.04. The quantitative estimate of drug-likeness (QED) is 0.664. The molecule has 0 aromatic heterocycles. The number of para-hydroxylation sites is 2. The normalized spacial score (nSPS) is 15.7. The summed E-state index contributed by atoms with van der Waals surface area (Å²) in [6.45, 7) is 2.37. The number of carbonyl (C=O) groups is 2. The van der Waals surface area contributed by atoms with Crippen LogP contribution in [0.3, 0.4) is 0 Å². The van der Waals surface area contributed by atoms with Crippen molar-refractivity contribution in [2.45, 2.75) is 51.5 Å². The Bertz CT molecular complexity index is 508. The summed E-state index contributed by atoms with van der Waals surface area (Å²) < 4.78 is 5.44. The Kier molecular flexibility index (Phi) is 6.25. The molecule has 1 saturated carbocycles. The van der Waals surface area contributed by atoms with Gasteiger partial charge in [-0.1, -0.05) is 37.8 Å². The number of benzene rings is 1. The van der Waals surface area contributed by atoms with Crippen molar-refractivity contribution in [3.63, 3.8) is 0 Å². The second-order valence-corrected chi connectivity index (χ2v) is 5.55. The molecule has 2 N–H and O–H groups in total. The van der Waals surface area contributed by atoms with Crippen molar-refractivity contribution < 1.29 is 14.3 Å². The van der Waals surface area contributed by atoms with Crippen LogP contribution in [0.5, 0.6) is 5.75 Å². The molecule has 0 radical (unpaired) electrons. The largest absolute Gasteiger partial charge is 0.492 e. The van der Waals surface area contributed by atoms with Gasteiger partial charge in [0.05, 0.1) is 12.3 Å². The smallest absolute Gasteiger partial charge is 0.313 e. The van der Waals surface area contributed by atoms with Crippen LogP contribution >= 0.6 is 0 Å². The number of amides is 2. The van der Waals surface area contributed by atoms with Gasteiger partial charge < -0.3 is 15.4 Å². The van der Waals surface area contributed by atoms with Gasteiger partial charge in [-0.2, -0.15) is 0 Å². The number of nitrogens with one attached hydrogen (secondary N) is 2. The number of carbonyl (C=O) groups excluding carboxylic acids is 2. The van der Waals surface area contributed by atoms with E-state index in [0.29, 0.717) is 18.0 Å². The minimum atomic E-state index is -0.642. The molecule has 120 valence electrons. The highest BCUT2D eigenvalue weighted by Gasteiger charge is 2.20. The first-order valence-corrected chi connectivity index (χ1v) is 8.04. The van der Waals surface area contributed by atoms with E-state index < -0.39 is 11.8 Å². The van der Waals surface area contributed by atoms with Crippen LogP contribution in [-0.2, 0) is 9.59 Å². The first kappa shape index (κ1) is 16.3. The molecular weight excluding hydrogens is 280 g/mol. The van der Waals surface area contributed by atoms with E-state index in [-0.39, 0.29) is 6.04 Å². The summed E-state index contributed by atoms with van der Waals surface area (Å²) in [6.07, 6.45) is 6.54. The number of anilines is 1. The number of ether oxygens (including phenoxy) is 1. The molecule has 0 saturated heterocycles. The van der Waals surface area contributed by atoms with Crippen molar-refractivity contribution in [1.82, 2.24) is 5.32 Å². The number of hydrogen-bond donors (Lipinski definition) is 2. The Morgan fingerprint density at radius 2 is 1.77 bits per heavy atom. The molecule has 1 fully saturated rings. The van der Waals surface area contributed by atoms with Crippen LogP contribution in [0.25, 0.3) is 0 Å². The molecule has 2 amide bonds. The molecular formula is C17H24N2O3. The number of hydrogen-bond acceptors (Lipinski definition) is 3. The molecule has 0 aliphatic heterocycles. The maximum absolute atomic E-state index is 12.0. The fourth-order valence-electron chi connectivity index (χ4n) is 2.71. The van der Waals surface area contributed by atoms with Crippen molar-refractivity contribution in [2.24, 2.45) is 0 Å². The SMILES string of the molecule is CCOc1ccccc1NC(=O)C(=O)NC1CCCCCC1. The highest BCUT2D eigenvalue weighted by molar-refractivity contribution is 6.39. The summed E-state index contributed by atoms with van der Waals surface area (Å²) in [6, 6.07) is 7.22. The minimum absolute atomic E-state index is 0.114. The molecule has 1 aromatic carbocycles. The molecule has 0 spiro atoms. The Labute approximate surface area is 131 Å². The van der Waals surface area contributed by atoms with Crippen molar-refractivity contribution in [1.29, 1.82) is 0 Å². The van der Waals surface area contributed by atoms with Gasteiger partial charge in [0.2, 0.25) is 0 Å². The van der Waals surface area contributed by atoms with Crippen LogP contribution in [-0.4, -0.2) is 24.5 Å². The Morgan fingerprint density at radius 3 is 2.45 bits per heavy atom. The van der Waals surface area contributed by atoms with Crippen LogP contribution < -0.4 is 15.4 Å². The Morgan fingerprint density at radius 1 is 1.09 bits per heavy atom. The molecule has 1 aliphatic carbocycles. The van der Waals surface area contributed by atoms with Gasteiger partial charge in [-0.15, -0.1) is 0 Å². The predicted molar refractivity (Wildman–Crippen MR) is 85.9 cm³/mol. The van der Waals surface area contributed by atoms with E-state index >= 15 is 0 Å². The van der Waals surface area contributed by atoms with E-state index in [1.54, 1.807) is 18.2 Å². The summed E-state index contributed by atoms with van der Waals surface area (Å²) in [5.41, 5.74) is 0.519. The maximum Gasteiger partial charge on any atom is 0.313 e. The molecule has 0 unspecified atom stereocenters. The van der Waals surface area contributed by atoms with Gasteiger partial charge >= 0.3 is 11.8 Å². The van der Waals surface area contributed by atoms with Crippen LogP contribution in [0.2, 0.25) is 0 Å². The van der Waals surface area contributed by atoms with E-state index in [0.717, 1.165) is 25.7 Å². The molecule has 1 aromatic rings.